The Kier molecular flexibility index (Phi) is 4.57. The molecule has 3 aromatic rings. The number of hydrogen-bond donors (Lipinski definition) is 2. The fourth-order valence-electron chi connectivity index (χ4n) is 1.81. The van der Waals surface area contributed by atoms with E-state index in [9.17, 15) is 0 Å². The molecule has 0 fully saturated rings. The van der Waals surface area contributed by atoms with Crippen LogP contribution in [0.4, 0.5) is 10.9 Å². The molecule has 0 bridgehead atoms. The first-order valence-electron chi connectivity index (χ1n) is 6.52. The molecule has 3 aromatic heterocycles. The highest BCUT2D eigenvalue weighted by molar-refractivity contribution is 7.18. The van der Waals surface area contributed by atoms with E-state index >= 15 is 0 Å². The maximum Gasteiger partial charge on any atom is 0.222 e. The van der Waals surface area contributed by atoms with Crippen LogP contribution in [0.5, 0.6) is 0 Å². The van der Waals surface area contributed by atoms with Gasteiger partial charge in [0.2, 0.25) is 5.28 Å². The Morgan fingerprint density at radius 2 is 2.05 bits per heavy atom. The minimum atomic E-state index is 0.117. The van der Waals surface area contributed by atoms with Gasteiger partial charge in [-0.1, -0.05) is 17.4 Å². The molecular formula is C14H12ClN5OS. The van der Waals surface area contributed by atoms with Gasteiger partial charge in [-0.25, -0.2) is 19.9 Å². The number of aliphatic hydroxyl groups excluding tert-OH is 1. The van der Waals surface area contributed by atoms with Crippen molar-refractivity contribution in [2.45, 2.75) is 6.42 Å². The van der Waals surface area contributed by atoms with Crippen LogP contribution in [0.3, 0.4) is 0 Å². The van der Waals surface area contributed by atoms with Gasteiger partial charge in [0.25, 0.3) is 0 Å². The minimum absolute atomic E-state index is 0.117. The van der Waals surface area contributed by atoms with Gasteiger partial charge in [-0.3, -0.25) is 0 Å². The standard InChI is InChI=1S/C14H12ClN5OS/c15-13-16-5-3-10(19-13)11-8-18-14(22-11)20-12-2-1-9(4-6-21)7-17-12/h1-3,5,7-8,21H,4,6H2,(H,17,18,20). The normalized spacial score (nSPS) is 10.6. The van der Waals surface area contributed by atoms with E-state index in [2.05, 4.69) is 25.3 Å². The number of anilines is 2. The highest BCUT2D eigenvalue weighted by Crippen LogP contribution is 2.29. The van der Waals surface area contributed by atoms with Gasteiger partial charge in [0.1, 0.15) is 5.82 Å². The summed E-state index contributed by atoms with van der Waals surface area (Å²) in [5, 5.41) is 12.9. The molecule has 3 rings (SSSR count). The van der Waals surface area contributed by atoms with E-state index in [0.717, 1.165) is 16.1 Å². The Balaban J connectivity index is 1.74. The maximum atomic E-state index is 8.88. The van der Waals surface area contributed by atoms with Crippen molar-refractivity contribution >= 4 is 33.9 Å². The predicted molar refractivity (Wildman–Crippen MR) is 86.5 cm³/mol. The quantitative estimate of drug-likeness (QED) is 0.698. The van der Waals surface area contributed by atoms with Crippen LogP contribution < -0.4 is 5.32 Å². The molecule has 22 heavy (non-hydrogen) atoms. The molecule has 6 nitrogen and oxygen atoms in total. The molecule has 0 aliphatic heterocycles. The highest BCUT2D eigenvalue weighted by atomic mass is 35.5. The summed E-state index contributed by atoms with van der Waals surface area (Å²) in [4.78, 5) is 17.5. The van der Waals surface area contributed by atoms with Crippen LogP contribution in [0.2, 0.25) is 5.28 Å². The molecule has 0 saturated heterocycles. The van der Waals surface area contributed by atoms with Crippen molar-refractivity contribution in [1.29, 1.82) is 0 Å². The second kappa shape index (κ2) is 6.78. The molecular weight excluding hydrogens is 322 g/mol. The Labute approximate surface area is 135 Å². The monoisotopic (exact) mass is 333 g/mol. The van der Waals surface area contributed by atoms with E-state index in [-0.39, 0.29) is 11.9 Å². The number of hydrogen-bond acceptors (Lipinski definition) is 7. The lowest BCUT2D eigenvalue weighted by Gasteiger charge is -2.02. The first-order valence-corrected chi connectivity index (χ1v) is 7.71. The SMILES string of the molecule is OCCc1ccc(Nc2ncc(-c3ccnc(Cl)n3)s2)nc1. The Hall–Kier alpha value is -2.09. The van der Waals surface area contributed by atoms with E-state index < -0.39 is 0 Å². The zero-order valence-electron chi connectivity index (χ0n) is 11.4. The molecule has 0 radical (unpaired) electrons. The topological polar surface area (TPSA) is 83.8 Å². The van der Waals surface area contributed by atoms with Crippen LogP contribution in [0.1, 0.15) is 5.56 Å². The summed E-state index contributed by atoms with van der Waals surface area (Å²) in [5.41, 5.74) is 1.72. The second-order valence-corrected chi connectivity index (χ2v) is 5.76. The largest absolute Gasteiger partial charge is 0.396 e. The first kappa shape index (κ1) is 14.8. The summed E-state index contributed by atoms with van der Waals surface area (Å²) < 4.78 is 0. The van der Waals surface area contributed by atoms with E-state index in [1.165, 1.54) is 11.3 Å². The summed E-state index contributed by atoms with van der Waals surface area (Å²) in [6.45, 7) is 0.117. The molecule has 3 heterocycles. The zero-order chi connectivity index (χ0) is 15.4. The molecule has 0 unspecified atom stereocenters. The van der Waals surface area contributed by atoms with Gasteiger partial charge in [0, 0.05) is 25.2 Å². The third kappa shape index (κ3) is 3.56. The number of aliphatic hydroxyl groups is 1. The van der Waals surface area contributed by atoms with Gasteiger partial charge < -0.3 is 10.4 Å². The minimum Gasteiger partial charge on any atom is -0.396 e. The number of nitrogens with zero attached hydrogens (tertiary/aromatic N) is 4. The fourth-order valence-corrected chi connectivity index (χ4v) is 2.75. The smallest absolute Gasteiger partial charge is 0.222 e. The fraction of sp³-hybridized carbons (Fsp3) is 0.143. The molecule has 0 aromatic carbocycles. The van der Waals surface area contributed by atoms with Crippen molar-refractivity contribution < 1.29 is 5.11 Å². The van der Waals surface area contributed by atoms with Crippen LogP contribution >= 0.6 is 22.9 Å². The molecule has 0 aliphatic rings. The van der Waals surface area contributed by atoms with Crippen molar-refractivity contribution in [3.05, 3.63) is 47.6 Å². The lowest BCUT2D eigenvalue weighted by Crippen LogP contribution is -1.95. The van der Waals surface area contributed by atoms with Crippen molar-refractivity contribution in [1.82, 2.24) is 19.9 Å². The van der Waals surface area contributed by atoms with Crippen LogP contribution in [-0.4, -0.2) is 31.6 Å². The Bertz CT molecular complexity index is 762. The Morgan fingerprint density at radius 3 is 2.77 bits per heavy atom. The molecule has 2 N–H and O–H groups in total. The lowest BCUT2D eigenvalue weighted by atomic mass is 10.2. The molecule has 0 aliphatic carbocycles. The molecule has 8 heteroatoms. The molecule has 112 valence electrons. The van der Waals surface area contributed by atoms with E-state index in [1.54, 1.807) is 24.7 Å². The number of nitrogens with one attached hydrogen (secondary N) is 1. The molecule has 0 spiro atoms. The van der Waals surface area contributed by atoms with Crippen LogP contribution in [0.15, 0.2) is 36.8 Å². The lowest BCUT2D eigenvalue weighted by molar-refractivity contribution is 0.299. The summed E-state index contributed by atoms with van der Waals surface area (Å²) in [6, 6.07) is 5.56. The number of rotatable bonds is 5. The third-order valence-corrected chi connectivity index (χ3v) is 3.96. The molecule has 0 atom stereocenters. The summed E-state index contributed by atoms with van der Waals surface area (Å²) in [7, 11) is 0. The van der Waals surface area contributed by atoms with Crippen molar-refractivity contribution in [3.8, 4) is 10.6 Å². The van der Waals surface area contributed by atoms with Crippen molar-refractivity contribution in [2.75, 3.05) is 11.9 Å². The van der Waals surface area contributed by atoms with Gasteiger partial charge in [-0.15, -0.1) is 0 Å². The van der Waals surface area contributed by atoms with Crippen molar-refractivity contribution in [2.24, 2.45) is 0 Å². The average Bonchev–Trinajstić information content (AvgIpc) is 2.98. The van der Waals surface area contributed by atoms with Gasteiger partial charge in [-0.05, 0) is 35.7 Å². The predicted octanol–water partition coefficient (Wildman–Crippen LogP) is 2.93. The second-order valence-electron chi connectivity index (χ2n) is 4.39. The first-order chi connectivity index (χ1) is 10.7. The van der Waals surface area contributed by atoms with Crippen LogP contribution in [0.25, 0.3) is 10.6 Å². The maximum absolute atomic E-state index is 8.88. The van der Waals surface area contributed by atoms with E-state index in [1.807, 2.05) is 12.1 Å². The highest BCUT2D eigenvalue weighted by Gasteiger charge is 2.07. The molecule has 0 amide bonds. The van der Waals surface area contributed by atoms with E-state index in [4.69, 9.17) is 16.7 Å². The summed E-state index contributed by atoms with van der Waals surface area (Å²) in [5.74, 6) is 0.698. The van der Waals surface area contributed by atoms with Crippen LogP contribution in [-0.2, 0) is 6.42 Å². The average molecular weight is 334 g/mol. The number of halogens is 1. The van der Waals surface area contributed by atoms with Crippen LogP contribution in [0, 0.1) is 0 Å². The summed E-state index contributed by atoms with van der Waals surface area (Å²) >= 11 is 7.24. The number of thiazole rings is 1. The van der Waals surface area contributed by atoms with Gasteiger partial charge in [0.05, 0.1) is 10.6 Å². The van der Waals surface area contributed by atoms with E-state index in [0.29, 0.717) is 17.4 Å². The van der Waals surface area contributed by atoms with Gasteiger partial charge >= 0.3 is 0 Å². The van der Waals surface area contributed by atoms with Gasteiger partial charge in [0.15, 0.2) is 5.13 Å². The zero-order valence-corrected chi connectivity index (χ0v) is 13.0. The summed E-state index contributed by atoms with van der Waals surface area (Å²) in [6.07, 6.45) is 5.67. The number of aromatic nitrogens is 4. The Morgan fingerprint density at radius 1 is 1.14 bits per heavy atom. The number of pyridine rings is 1. The third-order valence-electron chi connectivity index (χ3n) is 2.84. The molecule has 0 saturated carbocycles. The van der Waals surface area contributed by atoms with Crippen molar-refractivity contribution in [3.63, 3.8) is 0 Å². The van der Waals surface area contributed by atoms with Gasteiger partial charge in [-0.2, -0.15) is 0 Å².